The van der Waals surface area contributed by atoms with Crippen LogP contribution in [0.5, 0.6) is 16.7 Å². The minimum absolute atomic E-state index is 0.0986. The first-order valence-corrected chi connectivity index (χ1v) is 6.68. The topological polar surface area (TPSA) is 42.4 Å². The highest BCUT2D eigenvalue weighted by atomic mass is 32.1. The second-order valence-corrected chi connectivity index (χ2v) is 5.25. The molecule has 0 saturated carbocycles. The molecular formula is C14H8F3NO2S. The van der Waals surface area contributed by atoms with Gasteiger partial charge in [-0.25, -0.2) is 4.98 Å². The van der Waals surface area contributed by atoms with E-state index in [2.05, 4.69) is 4.98 Å². The fourth-order valence-electron chi connectivity index (χ4n) is 1.74. The molecule has 0 aliphatic heterocycles. The Hall–Kier alpha value is -2.28. The van der Waals surface area contributed by atoms with Crippen LogP contribution in [0.3, 0.4) is 0 Å². The molecule has 108 valence electrons. The van der Waals surface area contributed by atoms with Crippen molar-refractivity contribution < 1.29 is 23.0 Å². The highest BCUT2D eigenvalue weighted by molar-refractivity contribution is 7.20. The van der Waals surface area contributed by atoms with Crippen LogP contribution in [0.1, 0.15) is 5.56 Å². The van der Waals surface area contributed by atoms with Crippen LogP contribution >= 0.6 is 11.3 Å². The van der Waals surface area contributed by atoms with Crippen molar-refractivity contribution in [1.82, 2.24) is 4.98 Å². The second kappa shape index (κ2) is 4.92. The van der Waals surface area contributed by atoms with E-state index in [4.69, 9.17) is 9.84 Å². The predicted octanol–water partition coefficient (Wildman–Crippen LogP) is 4.81. The van der Waals surface area contributed by atoms with E-state index in [9.17, 15) is 13.2 Å². The lowest BCUT2D eigenvalue weighted by Gasteiger charge is -2.04. The van der Waals surface area contributed by atoms with Crippen LogP contribution in [-0.4, -0.2) is 10.1 Å². The average Bonchev–Trinajstić information content (AvgIpc) is 2.81. The monoisotopic (exact) mass is 311 g/mol. The van der Waals surface area contributed by atoms with Crippen molar-refractivity contribution in [3.8, 4) is 16.7 Å². The van der Waals surface area contributed by atoms with Gasteiger partial charge in [-0.1, -0.05) is 11.3 Å². The molecule has 0 bridgehead atoms. The molecule has 0 aliphatic rings. The molecule has 1 N–H and O–H groups in total. The Morgan fingerprint density at radius 1 is 1.05 bits per heavy atom. The Labute approximate surface area is 121 Å². The number of phenolic OH excluding ortho intramolecular Hbond substituents is 1. The van der Waals surface area contributed by atoms with Crippen LogP contribution in [0.4, 0.5) is 13.2 Å². The quantitative estimate of drug-likeness (QED) is 0.738. The number of rotatable bonds is 2. The van der Waals surface area contributed by atoms with E-state index in [1.54, 1.807) is 12.1 Å². The molecular weight excluding hydrogens is 303 g/mol. The van der Waals surface area contributed by atoms with Gasteiger partial charge >= 0.3 is 6.18 Å². The number of ether oxygens (including phenoxy) is 1. The lowest BCUT2D eigenvalue weighted by Crippen LogP contribution is -2.03. The molecule has 0 amide bonds. The first-order valence-electron chi connectivity index (χ1n) is 5.86. The number of aromatic hydroxyl groups is 1. The fraction of sp³-hybridized carbons (Fsp3) is 0.0714. The van der Waals surface area contributed by atoms with Gasteiger partial charge < -0.3 is 9.84 Å². The third kappa shape index (κ3) is 2.92. The van der Waals surface area contributed by atoms with Gasteiger partial charge in [0, 0.05) is 0 Å². The van der Waals surface area contributed by atoms with Crippen LogP contribution in [0.15, 0.2) is 42.5 Å². The summed E-state index contributed by atoms with van der Waals surface area (Å²) in [5.41, 5.74) is -0.500. The molecule has 0 spiro atoms. The van der Waals surface area contributed by atoms with Crippen LogP contribution < -0.4 is 4.74 Å². The number of hydrogen-bond acceptors (Lipinski definition) is 4. The molecule has 0 fully saturated rings. The van der Waals surface area contributed by atoms with Gasteiger partial charge in [-0.05, 0) is 42.5 Å². The van der Waals surface area contributed by atoms with Crippen molar-refractivity contribution in [2.24, 2.45) is 0 Å². The third-order valence-corrected chi connectivity index (χ3v) is 3.65. The normalized spacial score (nSPS) is 11.8. The maximum atomic E-state index is 12.6. The smallest absolute Gasteiger partial charge is 0.416 e. The van der Waals surface area contributed by atoms with E-state index in [1.807, 2.05) is 0 Å². The number of thiazole rings is 1. The zero-order valence-electron chi connectivity index (χ0n) is 10.4. The highest BCUT2D eigenvalue weighted by Crippen LogP contribution is 2.36. The number of alkyl halides is 3. The molecule has 1 heterocycles. The lowest BCUT2D eigenvalue weighted by atomic mass is 10.2. The average molecular weight is 311 g/mol. The van der Waals surface area contributed by atoms with E-state index in [-0.39, 0.29) is 16.5 Å². The first kappa shape index (κ1) is 13.7. The number of aromatic nitrogens is 1. The number of halogens is 3. The van der Waals surface area contributed by atoms with Gasteiger partial charge in [0.2, 0.25) is 0 Å². The van der Waals surface area contributed by atoms with Gasteiger partial charge in [0.15, 0.2) is 0 Å². The molecule has 7 heteroatoms. The fourth-order valence-corrected chi connectivity index (χ4v) is 2.56. The lowest BCUT2D eigenvalue weighted by molar-refractivity contribution is -0.137. The molecule has 2 aromatic carbocycles. The van der Waals surface area contributed by atoms with Crippen LogP contribution in [0, 0.1) is 0 Å². The van der Waals surface area contributed by atoms with E-state index in [1.165, 1.54) is 18.2 Å². The summed E-state index contributed by atoms with van der Waals surface area (Å²) in [5, 5.41) is 9.41. The van der Waals surface area contributed by atoms with Crippen LogP contribution in [0.2, 0.25) is 0 Å². The molecule has 0 saturated heterocycles. The predicted molar refractivity (Wildman–Crippen MR) is 72.8 cm³/mol. The van der Waals surface area contributed by atoms with E-state index in [0.717, 1.165) is 23.5 Å². The number of hydrogen-bond donors (Lipinski definition) is 1. The highest BCUT2D eigenvalue weighted by Gasteiger charge is 2.30. The Morgan fingerprint density at radius 2 is 1.76 bits per heavy atom. The largest absolute Gasteiger partial charge is 0.508 e. The number of benzene rings is 2. The number of phenols is 1. The summed E-state index contributed by atoms with van der Waals surface area (Å²) < 4.78 is 44.0. The molecule has 3 nitrogen and oxygen atoms in total. The Balaban J connectivity index is 1.92. The molecule has 21 heavy (non-hydrogen) atoms. The van der Waals surface area contributed by atoms with Gasteiger partial charge in [0.05, 0.1) is 15.8 Å². The number of nitrogens with zero attached hydrogens (tertiary/aromatic N) is 1. The summed E-state index contributed by atoms with van der Waals surface area (Å²) in [4.78, 5) is 4.04. The summed E-state index contributed by atoms with van der Waals surface area (Å²) in [6.45, 7) is 0. The van der Waals surface area contributed by atoms with Crippen molar-refractivity contribution >= 4 is 21.6 Å². The summed E-state index contributed by atoms with van der Waals surface area (Å²) >= 11 is 1.15. The standard InChI is InChI=1S/C14H8F3NO2S/c15-14(16,17)8-1-6-12-11(7-8)18-13(21-12)20-10-4-2-9(19)3-5-10/h1-7,19H. The van der Waals surface area contributed by atoms with E-state index >= 15 is 0 Å². The molecule has 0 radical (unpaired) electrons. The van der Waals surface area contributed by atoms with E-state index in [0.29, 0.717) is 10.4 Å². The Kier molecular flexibility index (Phi) is 3.21. The van der Waals surface area contributed by atoms with Crippen molar-refractivity contribution in [2.45, 2.75) is 6.18 Å². The van der Waals surface area contributed by atoms with Gasteiger partial charge in [0.25, 0.3) is 5.19 Å². The molecule has 3 rings (SSSR count). The minimum atomic E-state index is -4.39. The minimum Gasteiger partial charge on any atom is -0.508 e. The van der Waals surface area contributed by atoms with Gasteiger partial charge in [-0.2, -0.15) is 13.2 Å². The van der Waals surface area contributed by atoms with Gasteiger partial charge in [-0.15, -0.1) is 0 Å². The second-order valence-electron chi connectivity index (χ2n) is 4.26. The Morgan fingerprint density at radius 3 is 2.43 bits per heavy atom. The van der Waals surface area contributed by atoms with E-state index < -0.39 is 11.7 Å². The van der Waals surface area contributed by atoms with Gasteiger partial charge in [0.1, 0.15) is 11.5 Å². The van der Waals surface area contributed by atoms with Crippen molar-refractivity contribution in [3.05, 3.63) is 48.0 Å². The van der Waals surface area contributed by atoms with Crippen LogP contribution in [0.25, 0.3) is 10.2 Å². The maximum absolute atomic E-state index is 12.6. The summed E-state index contributed by atoms with van der Waals surface area (Å²) in [5.74, 6) is 0.546. The van der Waals surface area contributed by atoms with Crippen LogP contribution in [-0.2, 0) is 6.18 Å². The maximum Gasteiger partial charge on any atom is 0.416 e. The molecule has 0 unspecified atom stereocenters. The zero-order valence-corrected chi connectivity index (χ0v) is 11.2. The van der Waals surface area contributed by atoms with Gasteiger partial charge in [-0.3, -0.25) is 0 Å². The molecule has 3 aromatic rings. The first-order chi connectivity index (χ1) is 9.91. The Bertz CT molecular complexity index is 781. The zero-order chi connectivity index (χ0) is 15.0. The van der Waals surface area contributed by atoms with Crippen molar-refractivity contribution in [1.29, 1.82) is 0 Å². The summed E-state index contributed by atoms with van der Waals surface area (Å²) in [6.07, 6.45) is -4.39. The third-order valence-electron chi connectivity index (χ3n) is 2.74. The van der Waals surface area contributed by atoms with Crippen molar-refractivity contribution in [2.75, 3.05) is 0 Å². The SMILES string of the molecule is Oc1ccc(Oc2nc3cc(C(F)(F)F)ccc3s2)cc1. The molecule has 1 aromatic heterocycles. The summed E-state index contributed by atoms with van der Waals surface area (Å²) in [7, 11) is 0. The molecule has 0 aliphatic carbocycles. The van der Waals surface area contributed by atoms with Crippen molar-refractivity contribution in [3.63, 3.8) is 0 Å². The summed E-state index contributed by atoms with van der Waals surface area (Å²) in [6, 6.07) is 9.37. The molecule has 0 atom stereocenters. The number of fused-ring (bicyclic) bond motifs is 1.